The summed E-state index contributed by atoms with van der Waals surface area (Å²) in [5, 5.41) is 2.93. The molecule has 0 fully saturated rings. The van der Waals surface area contributed by atoms with Crippen LogP contribution in [0.2, 0.25) is 0 Å². The smallest absolute Gasteiger partial charge is 0.150 e. The molecule has 0 atom stereocenters. The third-order valence-electron chi connectivity index (χ3n) is 3.19. The van der Waals surface area contributed by atoms with Crippen molar-refractivity contribution in [3.05, 3.63) is 51.3 Å². The van der Waals surface area contributed by atoms with Crippen LogP contribution >= 0.6 is 15.9 Å². The van der Waals surface area contributed by atoms with Gasteiger partial charge in [0.15, 0.2) is 0 Å². The summed E-state index contributed by atoms with van der Waals surface area (Å²) >= 11 is 3.14. The topological polar surface area (TPSA) is 34.1 Å². The van der Waals surface area contributed by atoms with Crippen LogP contribution in [0.25, 0.3) is 0 Å². The Kier molecular flexibility index (Phi) is 4.77. The number of hydrogen-bond acceptors (Lipinski definition) is 3. The number of methoxy groups -OCH3 is 1. The Balaban J connectivity index is 2.25. The van der Waals surface area contributed by atoms with Crippen LogP contribution < -0.4 is 10.1 Å². The number of nitrogens with zero attached hydrogens (tertiary/aromatic N) is 1. The zero-order valence-electron chi connectivity index (χ0n) is 11.9. The minimum atomic E-state index is -0.654. The molecule has 0 aliphatic rings. The lowest BCUT2D eigenvalue weighted by atomic mass is 10.1. The van der Waals surface area contributed by atoms with Crippen molar-refractivity contribution in [1.82, 2.24) is 4.98 Å². The second kappa shape index (κ2) is 6.39. The molecule has 0 saturated heterocycles. The number of benzene rings is 1. The fraction of sp³-hybridized carbons (Fsp3) is 0.267. The maximum absolute atomic E-state index is 13.7. The fourth-order valence-electron chi connectivity index (χ4n) is 2.13. The second-order valence-electron chi connectivity index (χ2n) is 4.64. The quantitative estimate of drug-likeness (QED) is 0.883. The summed E-state index contributed by atoms with van der Waals surface area (Å²) in [5.74, 6) is -0.518. The minimum Gasteiger partial charge on any atom is -0.496 e. The van der Waals surface area contributed by atoms with E-state index >= 15 is 0 Å². The van der Waals surface area contributed by atoms with Gasteiger partial charge >= 0.3 is 0 Å². The summed E-state index contributed by atoms with van der Waals surface area (Å²) in [6, 6.07) is 2.05. The highest BCUT2D eigenvalue weighted by atomic mass is 79.9. The Morgan fingerprint density at radius 1 is 1.29 bits per heavy atom. The standard InChI is InChI=1S/C15H15BrF2N2O/c1-8-6-19-13(9(2)15(8)21-3)7-20-14-11(16)4-10(17)5-12(14)18/h4-6,20H,7H2,1-3H3. The number of halogens is 3. The molecule has 1 aromatic carbocycles. The number of anilines is 1. The minimum absolute atomic E-state index is 0.206. The molecule has 0 aliphatic heterocycles. The van der Waals surface area contributed by atoms with Gasteiger partial charge in [-0.1, -0.05) is 0 Å². The van der Waals surface area contributed by atoms with E-state index in [4.69, 9.17) is 4.74 Å². The van der Waals surface area contributed by atoms with Crippen molar-refractivity contribution < 1.29 is 13.5 Å². The monoisotopic (exact) mass is 356 g/mol. The normalized spacial score (nSPS) is 10.6. The van der Waals surface area contributed by atoms with Gasteiger partial charge in [0.05, 0.1) is 25.0 Å². The van der Waals surface area contributed by atoms with E-state index < -0.39 is 11.6 Å². The summed E-state index contributed by atoms with van der Waals surface area (Å²) in [5.41, 5.74) is 2.78. The molecule has 0 radical (unpaired) electrons. The molecule has 2 aromatic rings. The summed E-state index contributed by atoms with van der Waals surface area (Å²) in [6.07, 6.45) is 1.71. The van der Waals surface area contributed by atoms with Crippen molar-refractivity contribution in [2.45, 2.75) is 20.4 Å². The maximum atomic E-state index is 13.7. The zero-order valence-corrected chi connectivity index (χ0v) is 13.5. The lowest BCUT2D eigenvalue weighted by Crippen LogP contribution is -2.07. The van der Waals surface area contributed by atoms with Crippen LogP contribution in [0.15, 0.2) is 22.8 Å². The zero-order chi connectivity index (χ0) is 15.6. The van der Waals surface area contributed by atoms with Gasteiger partial charge in [0, 0.05) is 27.9 Å². The van der Waals surface area contributed by atoms with Crippen molar-refractivity contribution in [3.8, 4) is 5.75 Å². The largest absolute Gasteiger partial charge is 0.496 e. The number of ether oxygens (including phenoxy) is 1. The van der Waals surface area contributed by atoms with E-state index in [1.165, 1.54) is 6.07 Å². The van der Waals surface area contributed by atoms with Gasteiger partial charge in [-0.15, -0.1) is 0 Å². The second-order valence-corrected chi connectivity index (χ2v) is 5.50. The van der Waals surface area contributed by atoms with E-state index in [-0.39, 0.29) is 5.69 Å². The van der Waals surface area contributed by atoms with Crippen LogP contribution in [0.3, 0.4) is 0 Å². The number of rotatable bonds is 4. The summed E-state index contributed by atoms with van der Waals surface area (Å²) < 4.78 is 32.5. The summed E-state index contributed by atoms with van der Waals surface area (Å²) in [6.45, 7) is 4.11. The Bertz CT molecular complexity index is 654. The highest BCUT2D eigenvalue weighted by Gasteiger charge is 2.12. The van der Waals surface area contributed by atoms with E-state index in [0.29, 0.717) is 11.0 Å². The van der Waals surface area contributed by atoms with E-state index in [2.05, 4.69) is 26.2 Å². The average Bonchev–Trinajstić information content (AvgIpc) is 2.40. The van der Waals surface area contributed by atoms with Crippen molar-refractivity contribution in [2.75, 3.05) is 12.4 Å². The van der Waals surface area contributed by atoms with Gasteiger partial charge in [-0.2, -0.15) is 0 Å². The summed E-state index contributed by atoms with van der Waals surface area (Å²) in [7, 11) is 1.60. The molecule has 0 aliphatic carbocycles. The molecule has 1 heterocycles. The van der Waals surface area contributed by atoms with Crippen LogP contribution in [0, 0.1) is 25.5 Å². The Labute approximate surface area is 130 Å². The van der Waals surface area contributed by atoms with Gasteiger partial charge in [0.25, 0.3) is 0 Å². The van der Waals surface area contributed by atoms with E-state index in [1.807, 2.05) is 13.8 Å². The lowest BCUT2D eigenvalue weighted by Gasteiger charge is -2.14. The van der Waals surface area contributed by atoms with Gasteiger partial charge in [-0.05, 0) is 35.8 Å². The highest BCUT2D eigenvalue weighted by Crippen LogP contribution is 2.29. The van der Waals surface area contributed by atoms with Gasteiger partial charge in [-0.3, -0.25) is 4.98 Å². The van der Waals surface area contributed by atoms with Crippen molar-refractivity contribution in [1.29, 1.82) is 0 Å². The van der Waals surface area contributed by atoms with Crippen molar-refractivity contribution in [3.63, 3.8) is 0 Å². The molecule has 2 rings (SSSR count). The van der Waals surface area contributed by atoms with Crippen LogP contribution in [0.5, 0.6) is 5.75 Å². The molecule has 0 saturated carbocycles. The number of pyridine rings is 1. The molecular weight excluding hydrogens is 342 g/mol. The first-order chi connectivity index (χ1) is 9.93. The number of aromatic nitrogens is 1. The lowest BCUT2D eigenvalue weighted by molar-refractivity contribution is 0.407. The molecule has 0 amide bonds. The van der Waals surface area contributed by atoms with E-state index in [0.717, 1.165) is 28.6 Å². The van der Waals surface area contributed by atoms with E-state index in [1.54, 1.807) is 13.3 Å². The number of hydrogen-bond donors (Lipinski definition) is 1. The first-order valence-electron chi connectivity index (χ1n) is 6.31. The van der Waals surface area contributed by atoms with Crippen LogP contribution in [0.4, 0.5) is 14.5 Å². The van der Waals surface area contributed by atoms with Gasteiger partial charge in [0.2, 0.25) is 0 Å². The Morgan fingerprint density at radius 2 is 2.00 bits per heavy atom. The van der Waals surface area contributed by atoms with E-state index in [9.17, 15) is 8.78 Å². The molecule has 6 heteroatoms. The van der Waals surface area contributed by atoms with Gasteiger partial charge in [-0.25, -0.2) is 8.78 Å². The predicted octanol–water partition coefficient (Wildman–Crippen LogP) is 4.36. The first kappa shape index (κ1) is 15.7. The molecule has 0 bridgehead atoms. The number of aryl methyl sites for hydroxylation is 1. The predicted molar refractivity (Wildman–Crippen MR) is 81.6 cm³/mol. The van der Waals surface area contributed by atoms with Crippen LogP contribution in [0.1, 0.15) is 16.8 Å². The summed E-state index contributed by atoms with van der Waals surface area (Å²) in [4.78, 5) is 4.32. The van der Waals surface area contributed by atoms with Gasteiger partial charge in [0.1, 0.15) is 17.4 Å². The average molecular weight is 357 g/mol. The number of nitrogens with one attached hydrogen (secondary N) is 1. The third kappa shape index (κ3) is 3.32. The van der Waals surface area contributed by atoms with Gasteiger partial charge < -0.3 is 10.1 Å². The molecule has 0 spiro atoms. The molecule has 112 valence electrons. The van der Waals surface area contributed by atoms with Crippen LogP contribution in [-0.2, 0) is 6.54 Å². The van der Waals surface area contributed by atoms with Crippen molar-refractivity contribution in [2.24, 2.45) is 0 Å². The molecule has 3 nitrogen and oxygen atoms in total. The maximum Gasteiger partial charge on any atom is 0.150 e. The molecular formula is C15H15BrF2N2O. The molecule has 1 N–H and O–H groups in total. The Hall–Kier alpha value is -1.69. The SMILES string of the molecule is COc1c(C)cnc(CNc2c(F)cc(F)cc2Br)c1C. The first-order valence-corrected chi connectivity index (χ1v) is 7.10. The molecule has 1 aromatic heterocycles. The van der Waals surface area contributed by atoms with Crippen LogP contribution in [-0.4, -0.2) is 12.1 Å². The highest BCUT2D eigenvalue weighted by molar-refractivity contribution is 9.10. The molecule has 21 heavy (non-hydrogen) atoms. The Morgan fingerprint density at radius 3 is 2.62 bits per heavy atom. The molecule has 0 unspecified atom stereocenters. The fourth-order valence-corrected chi connectivity index (χ4v) is 2.68. The van der Waals surface area contributed by atoms with Crippen molar-refractivity contribution >= 4 is 21.6 Å². The third-order valence-corrected chi connectivity index (χ3v) is 3.81.